The molecule has 0 fully saturated rings. The maximum absolute atomic E-state index is 12.0. The molecule has 0 aliphatic rings. The summed E-state index contributed by atoms with van der Waals surface area (Å²) in [5.74, 6) is 0.967. The fourth-order valence-corrected chi connectivity index (χ4v) is 2.51. The highest BCUT2D eigenvalue weighted by molar-refractivity contribution is 7.89. The van der Waals surface area contributed by atoms with E-state index in [2.05, 4.69) is 14.7 Å². The molecule has 0 aliphatic heterocycles. The summed E-state index contributed by atoms with van der Waals surface area (Å²) in [6, 6.07) is 2.89. The Labute approximate surface area is 110 Å². The summed E-state index contributed by atoms with van der Waals surface area (Å²) in [6.07, 6.45) is 3.70. The molecule has 2 rings (SSSR count). The Balaban J connectivity index is 2.12. The summed E-state index contributed by atoms with van der Waals surface area (Å²) in [4.78, 5) is 7.64. The van der Waals surface area contributed by atoms with Crippen LogP contribution in [0.1, 0.15) is 18.6 Å². The van der Waals surface area contributed by atoms with Crippen molar-refractivity contribution in [2.75, 3.05) is 5.73 Å². The van der Waals surface area contributed by atoms with E-state index >= 15 is 0 Å². The number of aryl methyl sites for hydroxylation is 1. The number of nitrogen functional groups attached to an aromatic ring is 1. The van der Waals surface area contributed by atoms with Gasteiger partial charge in [0.25, 0.3) is 0 Å². The third-order valence-corrected chi connectivity index (χ3v) is 3.90. The van der Waals surface area contributed by atoms with Gasteiger partial charge in [-0.15, -0.1) is 0 Å². The smallest absolute Gasteiger partial charge is 0.244 e. The standard InChI is InChI=1S/C11H14N4O3S/c1-2-8-6-14-10(18-8)7-15-19(16,17)9-4-3-5-13-11(9)12/h3-6,15H,2,7H2,1H3,(H2,12,13). The molecule has 0 bridgehead atoms. The normalized spacial score (nSPS) is 11.6. The van der Waals surface area contributed by atoms with Crippen LogP contribution in [0.15, 0.2) is 33.8 Å². The van der Waals surface area contributed by atoms with Crippen LogP contribution in [0.5, 0.6) is 0 Å². The van der Waals surface area contributed by atoms with E-state index in [4.69, 9.17) is 10.2 Å². The second-order valence-electron chi connectivity index (χ2n) is 3.79. The van der Waals surface area contributed by atoms with Crippen molar-refractivity contribution in [3.63, 3.8) is 0 Å². The van der Waals surface area contributed by atoms with E-state index in [0.717, 1.165) is 0 Å². The average Bonchev–Trinajstić information content (AvgIpc) is 2.85. The van der Waals surface area contributed by atoms with Crippen LogP contribution in [-0.2, 0) is 23.0 Å². The van der Waals surface area contributed by atoms with Crippen LogP contribution in [0, 0.1) is 0 Å². The highest BCUT2D eigenvalue weighted by Gasteiger charge is 2.18. The third-order valence-electron chi connectivity index (χ3n) is 2.45. The average molecular weight is 282 g/mol. The van der Waals surface area contributed by atoms with E-state index in [9.17, 15) is 8.42 Å². The summed E-state index contributed by atoms with van der Waals surface area (Å²) >= 11 is 0. The van der Waals surface area contributed by atoms with Crippen molar-refractivity contribution in [1.29, 1.82) is 0 Å². The molecule has 0 aromatic carbocycles. The van der Waals surface area contributed by atoms with Crippen LogP contribution in [0.25, 0.3) is 0 Å². The van der Waals surface area contributed by atoms with Gasteiger partial charge in [0.1, 0.15) is 16.5 Å². The van der Waals surface area contributed by atoms with Gasteiger partial charge in [-0.1, -0.05) is 6.92 Å². The largest absolute Gasteiger partial charge is 0.444 e. The number of nitrogens with two attached hydrogens (primary N) is 1. The van der Waals surface area contributed by atoms with Crippen LogP contribution in [0.4, 0.5) is 5.82 Å². The molecule has 0 aliphatic carbocycles. The van der Waals surface area contributed by atoms with Crippen molar-refractivity contribution in [1.82, 2.24) is 14.7 Å². The van der Waals surface area contributed by atoms with Gasteiger partial charge in [0.05, 0.1) is 12.7 Å². The lowest BCUT2D eigenvalue weighted by Crippen LogP contribution is -2.24. The van der Waals surface area contributed by atoms with Gasteiger partial charge in [0.2, 0.25) is 15.9 Å². The molecule has 2 heterocycles. The number of rotatable bonds is 5. The molecule has 0 spiro atoms. The highest BCUT2D eigenvalue weighted by Crippen LogP contribution is 2.14. The maximum Gasteiger partial charge on any atom is 0.244 e. The Kier molecular flexibility index (Phi) is 3.82. The lowest BCUT2D eigenvalue weighted by Gasteiger charge is -2.06. The number of nitrogens with zero attached hydrogens (tertiary/aromatic N) is 2. The van der Waals surface area contributed by atoms with Crippen molar-refractivity contribution in [3.8, 4) is 0 Å². The number of hydrogen-bond acceptors (Lipinski definition) is 6. The van der Waals surface area contributed by atoms with Crippen LogP contribution in [0.2, 0.25) is 0 Å². The van der Waals surface area contributed by atoms with E-state index < -0.39 is 10.0 Å². The Morgan fingerprint density at radius 2 is 2.21 bits per heavy atom. The van der Waals surface area contributed by atoms with E-state index in [-0.39, 0.29) is 17.3 Å². The monoisotopic (exact) mass is 282 g/mol. The predicted molar refractivity (Wildman–Crippen MR) is 68.6 cm³/mol. The van der Waals surface area contributed by atoms with Gasteiger partial charge < -0.3 is 10.2 Å². The molecule has 0 amide bonds. The molecule has 0 saturated carbocycles. The fourth-order valence-electron chi connectivity index (χ4n) is 1.46. The first-order chi connectivity index (χ1) is 9.03. The first-order valence-electron chi connectivity index (χ1n) is 5.66. The van der Waals surface area contributed by atoms with Gasteiger partial charge in [-0.3, -0.25) is 0 Å². The minimum absolute atomic E-state index is 0.0311. The van der Waals surface area contributed by atoms with Crippen LogP contribution >= 0.6 is 0 Å². The fraction of sp³-hybridized carbons (Fsp3) is 0.273. The van der Waals surface area contributed by atoms with Gasteiger partial charge in [-0.05, 0) is 12.1 Å². The number of nitrogens with one attached hydrogen (secondary N) is 1. The number of hydrogen-bond donors (Lipinski definition) is 2. The second kappa shape index (κ2) is 5.37. The van der Waals surface area contributed by atoms with Crippen molar-refractivity contribution >= 4 is 15.8 Å². The van der Waals surface area contributed by atoms with Gasteiger partial charge in [0, 0.05) is 12.6 Å². The zero-order valence-corrected chi connectivity index (χ0v) is 11.1. The van der Waals surface area contributed by atoms with E-state index in [0.29, 0.717) is 18.1 Å². The molecule has 0 radical (unpaired) electrons. The summed E-state index contributed by atoms with van der Waals surface area (Å²) < 4.78 is 31.7. The highest BCUT2D eigenvalue weighted by atomic mass is 32.2. The molecule has 2 aromatic rings. The quantitative estimate of drug-likeness (QED) is 0.834. The van der Waals surface area contributed by atoms with Crippen molar-refractivity contribution in [3.05, 3.63) is 36.2 Å². The number of oxazole rings is 1. The van der Waals surface area contributed by atoms with Gasteiger partial charge >= 0.3 is 0 Å². The van der Waals surface area contributed by atoms with Crippen LogP contribution in [-0.4, -0.2) is 18.4 Å². The predicted octanol–water partition coefficient (Wildman–Crippen LogP) is 0.693. The molecule has 0 atom stereocenters. The zero-order chi connectivity index (χ0) is 13.9. The number of pyridine rings is 1. The Morgan fingerprint density at radius 3 is 2.84 bits per heavy atom. The molecule has 8 heteroatoms. The van der Waals surface area contributed by atoms with E-state index in [1.165, 1.54) is 18.3 Å². The van der Waals surface area contributed by atoms with Gasteiger partial charge in [0.15, 0.2) is 0 Å². The lowest BCUT2D eigenvalue weighted by atomic mass is 10.4. The molecule has 2 aromatic heterocycles. The third kappa shape index (κ3) is 3.09. The molecule has 102 valence electrons. The molecule has 7 nitrogen and oxygen atoms in total. The maximum atomic E-state index is 12.0. The first kappa shape index (κ1) is 13.5. The number of anilines is 1. The molecule has 0 unspecified atom stereocenters. The van der Waals surface area contributed by atoms with Crippen molar-refractivity contribution < 1.29 is 12.8 Å². The minimum Gasteiger partial charge on any atom is -0.444 e. The molecule has 3 N–H and O–H groups in total. The molecular formula is C11H14N4O3S. The summed E-state index contributed by atoms with van der Waals surface area (Å²) in [7, 11) is -3.72. The van der Waals surface area contributed by atoms with Gasteiger partial charge in [-0.2, -0.15) is 0 Å². The molecule has 0 saturated heterocycles. The SMILES string of the molecule is CCc1cnc(CNS(=O)(=O)c2cccnc2N)o1. The summed E-state index contributed by atoms with van der Waals surface area (Å²) in [5.41, 5.74) is 5.53. The second-order valence-corrected chi connectivity index (χ2v) is 5.52. The molecular weight excluding hydrogens is 268 g/mol. The van der Waals surface area contributed by atoms with Crippen LogP contribution in [0.3, 0.4) is 0 Å². The van der Waals surface area contributed by atoms with Crippen molar-refractivity contribution in [2.45, 2.75) is 24.8 Å². The summed E-state index contributed by atoms with van der Waals surface area (Å²) in [6.45, 7) is 1.89. The number of aromatic nitrogens is 2. The first-order valence-corrected chi connectivity index (χ1v) is 7.15. The Hall–Kier alpha value is -1.93. The lowest BCUT2D eigenvalue weighted by molar-refractivity contribution is 0.452. The Morgan fingerprint density at radius 1 is 1.42 bits per heavy atom. The van der Waals surface area contributed by atoms with E-state index in [1.807, 2.05) is 6.92 Å². The minimum atomic E-state index is -3.72. The van der Waals surface area contributed by atoms with Crippen molar-refractivity contribution in [2.24, 2.45) is 0 Å². The number of sulfonamides is 1. The zero-order valence-electron chi connectivity index (χ0n) is 10.3. The Bertz CT molecular complexity index is 666. The topological polar surface area (TPSA) is 111 Å². The molecule has 19 heavy (non-hydrogen) atoms. The van der Waals surface area contributed by atoms with Crippen LogP contribution < -0.4 is 10.5 Å². The van der Waals surface area contributed by atoms with E-state index in [1.54, 1.807) is 6.20 Å². The summed E-state index contributed by atoms with van der Waals surface area (Å²) in [5, 5.41) is 0. The van der Waals surface area contributed by atoms with Gasteiger partial charge in [-0.25, -0.2) is 23.1 Å².